The summed E-state index contributed by atoms with van der Waals surface area (Å²) in [6.45, 7) is 25.3. The van der Waals surface area contributed by atoms with E-state index in [4.69, 9.17) is 16.1 Å². The first-order chi connectivity index (χ1) is 25.6. The van der Waals surface area contributed by atoms with Crippen molar-refractivity contribution in [2.24, 2.45) is 5.41 Å². The summed E-state index contributed by atoms with van der Waals surface area (Å²) in [5.41, 5.74) is 10.1. The van der Waals surface area contributed by atoms with E-state index in [2.05, 4.69) is 181 Å². The van der Waals surface area contributed by atoms with Crippen molar-refractivity contribution in [1.29, 1.82) is 0 Å². The molecule has 0 saturated carbocycles. The van der Waals surface area contributed by atoms with Gasteiger partial charge in [0.05, 0.1) is 0 Å². The van der Waals surface area contributed by atoms with Crippen LogP contribution in [-0.4, -0.2) is 18.9 Å². The van der Waals surface area contributed by atoms with E-state index in [0.29, 0.717) is 0 Å². The van der Waals surface area contributed by atoms with Crippen molar-refractivity contribution in [3.8, 4) is 22.9 Å². The van der Waals surface area contributed by atoms with Crippen LogP contribution in [0.15, 0.2) is 133 Å². The van der Waals surface area contributed by atoms with Gasteiger partial charge < -0.3 is 0 Å². The molecule has 4 heterocycles. The Morgan fingerprint density at radius 2 is 1.22 bits per heavy atom. The van der Waals surface area contributed by atoms with Gasteiger partial charge in [0.25, 0.3) is 0 Å². The van der Waals surface area contributed by atoms with E-state index in [9.17, 15) is 0 Å². The topological polar surface area (TPSA) is 26.6 Å². The Kier molecular flexibility index (Phi) is 7.76. The summed E-state index contributed by atoms with van der Waals surface area (Å²) in [4.78, 5) is 2.38. The second-order valence-corrected chi connectivity index (χ2v) is 24.0. The maximum atomic E-state index is 7.36. The summed E-state index contributed by atoms with van der Waals surface area (Å²) < 4.78 is 19.6. The number of hydrogen-bond donors (Lipinski definition) is 0. The Bertz CT molecular complexity index is 2550. The minimum absolute atomic E-state index is 0.0564. The fraction of sp³-hybridized carbons (Fsp3) is 0.265. The van der Waals surface area contributed by atoms with Crippen LogP contribution in [0.5, 0.6) is 17.2 Å². The van der Waals surface area contributed by atoms with Gasteiger partial charge in [-0.1, -0.05) is 0 Å². The Labute approximate surface area is 324 Å². The zero-order valence-electron chi connectivity index (χ0n) is 33.1. The van der Waals surface area contributed by atoms with E-state index in [0.717, 1.165) is 45.3 Å². The Balaban J connectivity index is 1.35. The van der Waals surface area contributed by atoms with Gasteiger partial charge in [0.1, 0.15) is 0 Å². The zero-order valence-corrected chi connectivity index (χ0v) is 35.5. The molecule has 1 atom stereocenters. The number of nitrogens with zero attached hydrogens (tertiary/aromatic N) is 2. The first-order valence-corrected chi connectivity index (χ1v) is 23.4. The van der Waals surface area contributed by atoms with E-state index in [-0.39, 0.29) is 16.2 Å². The molecule has 272 valence electrons. The van der Waals surface area contributed by atoms with E-state index in [1.54, 1.807) is 0 Å². The molecule has 9 rings (SSSR count). The normalized spacial score (nSPS) is 18.2. The predicted octanol–water partition coefficient (Wildman–Crippen LogP) is 11.7. The van der Waals surface area contributed by atoms with Crippen LogP contribution < -0.4 is 23.2 Å². The molecule has 0 spiro atoms. The molecule has 0 N–H and O–H groups in total. The second kappa shape index (κ2) is 12.0. The molecule has 0 radical (unpaired) electrons. The summed E-state index contributed by atoms with van der Waals surface area (Å²) >= 11 is -2.75. The second-order valence-electron chi connectivity index (χ2n) is 18.4. The molecule has 3 aliphatic rings. The Morgan fingerprint density at radius 1 is 0.611 bits per heavy atom. The number of benzene rings is 5. The van der Waals surface area contributed by atoms with Crippen LogP contribution >= 0.6 is 0 Å². The van der Waals surface area contributed by atoms with Crippen LogP contribution in [0.25, 0.3) is 27.5 Å². The average molecular weight is 772 g/mol. The Hall–Kier alpha value is -4.94. The summed E-state index contributed by atoms with van der Waals surface area (Å²) in [5, 5.41) is 3.39. The SMILES string of the molecule is C=C1C=C/C(C(C)(C)C)=C2\[CH2][GeH]3[c]4c(cc(-n5c6ccccc6c6ccccc65)cc4Oc4c(C(C)(C)C)ccc([c]43)N1c1ccc(C(C)(C)C)cc1)O2. The van der Waals surface area contributed by atoms with Crippen molar-refractivity contribution in [3.63, 3.8) is 0 Å². The predicted molar refractivity (Wildman–Crippen MR) is 230 cm³/mol. The number of para-hydroxylation sites is 2. The Morgan fingerprint density at radius 3 is 1.81 bits per heavy atom. The maximum absolute atomic E-state index is 7.36. The molecule has 3 aliphatic heterocycles. The summed E-state index contributed by atoms with van der Waals surface area (Å²) in [6, 6.07) is 35.7. The third kappa shape index (κ3) is 5.47. The van der Waals surface area contributed by atoms with Gasteiger partial charge in [0.15, 0.2) is 0 Å². The molecule has 5 heteroatoms. The van der Waals surface area contributed by atoms with Crippen molar-refractivity contribution in [2.75, 3.05) is 4.90 Å². The van der Waals surface area contributed by atoms with Gasteiger partial charge in [-0.3, -0.25) is 0 Å². The molecule has 1 aromatic heterocycles. The first kappa shape index (κ1) is 34.8. The third-order valence-electron chi connectivity index (χ3n) is 11.5. The minimum atomic E-state index is -2.75. The molecule has 6 aromatic rings. The number of allylic oxidation sites excluding steroid dienone is 4. The van der Waals surface area contributed by atoms with Crippen LogP contribution in [0, 0.1) is 5.41 Å². The summed E-state index contributed by atoms with van der Waals surface area (Å²) in [7, 11) is 0. The van der Waals surface area contributed by atoms with Gasteiger partial charge in [0, 0.05) is 0 Å². The number of hydrogen-bond acceptors (Lipinski definition) is 3. The molecule has 0 amide bonds. The van der Waals surface area contributed by atoms with Crippen LogP contribution in [-0.2, 0) is 10.8 Å². The van der Waals surface area contributed by atoms with Gasteiger partial charge >= 0.3 is 326 Å². The van der Waals surface area contributed by atoms with Gasteiger partial charge in [-0.15, -0.1) is 0 Å². The van der Waals surface area contributed by atoms with E-state index in [1.165, 1.54) is 53.0 Å². The van der Waals surface area contributed by atoms with Crippen molar-refractivity contribution in [2.45, 2.75) is 78.4 Å². The average Bonchev–Trinajstić information content (AvgIpc) is 3.44. The zero-order chi connectivity index (χ0) is 37.9. The van der Waals surface area contributed by atoms with Crippen LogP contribution in [0.1, 0.15) is 73.4 Å². The number of fused-ring (bicyclic) bond motifs is 4. The van der Waals surface area contributed by atoms with E-state index < -0.39 is 14.3 Å². The molecular weight excluding hydrogens is 721 g/mol. The summed E-state index contributed by atoms with van der Waals surface area (Å²) in [5.74, 6) is 3.98. The molecule has 2 bridgehead atoms. The quantitative estimate of drug-likeness (QED) is 0.164. The van der Waals surface area contributed by atoms with Gasteiger partial charge in [-0.05, 0) is 0 Å². The third-order valence-corrected chi connectivity index (χ3v) is 18.4. The van der Waals surface area contributed by atoms with Crippen molar-refractivity contribution >= 4 is 56.3 Å². The molecular formula is C49H50GeN2O2. The standard InChI is InChI=1S/C49H50GeN2O2/c1-30-19-24-36(48(5,6)7)43-29-50-44-40(51(30)32-22-20-31(21-23-32)47(2,3)4)26-25-37(49(8,9)10)46(44)54-42-28-33(27-41(53-43)45(42)50)52-38-17-13-11-15-34(38)35-16-12-14-18-39(35)52/h11-28,50H,1,29H2,2-10H3/b24-19?,43-36-. The number of rotatable bonds is 2. The van der Waals surface area contributed by atoms with E-state index >= 15 is 0 Å². The van der Waals surface area contributed by atoms with Crippen LogP contribution in [0.3, 0.4) is 0 Å². The van der Waals surface area contributed by atoms with Gasteiger partial charge in [-0.2, -0.15) is 0 Å². The van der Waals surface area contributed by atoms with Crippen molar-refractivity contribution in [1.82, 2.24) is 4.57 Å². The fourth-order valence-corrected chi connectivity index (χ4v) is 16.1. The molecule has 0 aliphatic carbocycles. The number of aromatic nitrogens is 1. The first-order valence-electron chi connectivity index (χ1n) is 19.3. The molecule has 5 aromatic carbocycles. The van der Waals surface area contributed by atoms with E-state index in [1.807, 2.05) is 0 Å². The number of anilines is 2. The van der Waals surface area contributed by atoms with Crippen molar-refractivity contribution in [3.05, 3.63) is 144 Å². The van der Waals surface area contributed by atoms with Crippen LogP contribution in [0.2, 0.25) is 5.25 Å². The fourth-order valence-electron chi connectivity index (χ4n) is 8.82. The summed E-state index contributed by atoms with van der Waals surface area (Å²) in [6.07, 6.45) is 4.46. The molecule has 4 nitrogen and oxygen atoms in total. The molecule has 0 saturated heterocycles. The van der Waals surface area contributed by atoms with Gasteiger partial charge in [-0.25, -0.2) is 0 Å². The molecule has 1 unspecified atom stereocenters. The van der Waals surface area contributed by atoms with Crippen molar-refractivity contribution < 1.29 is 9.47 Å². The monoisotopic (exact) mass is 772 g/mol. The number of ether oxygens (including phenoxy) is 2. The molecule has 54 heavy (non-hydrogen) atoms. The molecule has 0 fully saturated rings. The van der Waals surface area contributed by atoms with Gasteiger partial charge in [0.2, 0.25) is 0 Å². The van der Waals surface area contributed by atoms with Crippen LogP contribution in [0.4, 0.5) is 11.4 Å².